The molecule has 0 spiro atoms. The molecule has 4 nitrogen and oxygen atoms in total. The summed E-state index contributed by atoms with van der Waals surface area (Å²) in [5.41, 5.74) is 3.26. The summed E-state index contributed by atoms with van der Waals surface area (Å²) in [5, 5.41) is 0. The van der Waals surface area contributed by atoms with E-state index in [0.717, 1.165) is 21.8 Å². The Labute approximate surface area is 173 Å². The van der Waals surface area contributed by atoms with Crippen molar-refractivity contribution in [2.45, 2.75) is 17.2 Å². The van der Waals surface area contributed by atoms with Gasteiger partial charge in [-0.1, -0.05) is 30.3 Å². The van der Waals surface area contributed by atoms with Gasteiger partial charge in [-0.15, -0.1) is 11.8 Å². The molecule has 4 aromatic rings. The van der Waals surface area contributed by atoms with Gasteiger partial charge in [-0.2, -0.15) is 0 Å². The third kappa shape index (κ3) is 4.49. The van der Waals surface area contributed by atoms with E-state index < -0.39 is 0 Å². The van der Waals surface area contributed by atoms with Gasteiger partial charge in [0.15, 0.2) is 0 Å². The van der Waals surface area contributed by atoms with E-state index in [-0.39, 0.29) is 11.7 Å². The van der Waals surface area contributed by atoms with Crippen LogP contribution in [0.4, 0.5) is 4.39 Å². The van der Waals surface area contributed by atoms with Crippen LogP contribution in [0.3, 0.4) is 0 Å². The predicted molar refractivity (Wildman–Crippen MR) is 113 cm³/mol. The molecule has 146 valence electrons. The molecule has 1 amide bonds. The lowest BCUT2D eigenvalue weighted by atomic mass is 10.1. The number of fused-ring (bicyclic) bond motifs is 1. The van der Waals surface area contributed by atoms with Crippen molar-refractivity contribution in [1.82, 2.24) is 14.3 Å². The van der Waals surface area contributed by atoms with Gasteiger partial charge in [-0.05, 0) is 42.0 Å². The Morgan fingerprint density at radius 3 is 2.76 bits per heavy atom. The predicted octanol–water partition coefficient (Wildman–Crippen LogP) is 5.04. The fraction of sp³-hybridized carbons (Fsp3) is 0.130. The fourth-order valence-electron chi connectivity index (χ4n) is 3.16. The third-order valence-electron chi connectivity index (χ3n) is 4.56. The quantitative estimate of drug-likeness (QED) is 0.422. The Kier molecular flexibility index (Phi) is 5.62. The van der Waals surface area contributed by atoms with Gasteiger partial charge >= 0.3 is 0 Å². The van der Waals surface area contributed by atoms with Crippen LogP contribution >= 0.6 is 11.8 Å². The highest BCUT2D eigenvalue weighted by molar-refractivity contribution is 7.98. The molecule has 0 unspecified atom stereocenters. The zero-order valence-electron chi connectivity index (χ0n) is 16.0. The number of imidazole rings is 1. The number of thioether (sulfide) groups is 1. The van der Waals surface area contributed by atoms with Crippen molar-refractivity contribution in [3.63, 3.8) is 0 Å². The molecule has 0 atom stereocenters. The third-order valence-corrected chi connectivity index (χ3v) is 5.67. The fourth-order valence-corrected chi connectivity index (χ4v) is 4.09. The highest BCUT2D eigenvalue weighted by Crippen LogP contribution is 2.27. The number of nitrogens with zero attached hydrogens (tertiary/aromatic N) is 3. The zero-order chi connectivity index (χ0) is 20.2. The molecule has 2 aromatic carbocycles. The summed E-state index contributed by atoms with van der Waals surface area (Å²) in [6.07, 6.45) is 3.97. The molecule has 0 aliphatic carbocycles. The Hall–Kier alpha value is -3.12. The number of carbonyl (C=O) groups excluding carboxylic acids is 1. The Bertz CT molecular complexity index is 1120. The first-order valence-electron chi connectivity index (χ1n) is 9.24. The van der Waals surface area contributed by atoms with Crippen LogP contribution in [0.25, 0.3) is 5.65 Å². The second-order valence-electron chi connectivity index (χ2n) is 6.77. The number of hydrogen-bond acceptors (Lipinski definition) is 3. The van der Waals surface area contributed by atoms with Crippen LogP contribution in [0.1, 0.15) is 21.6 Å². The van der Waals surface area contributed by atoms with Gasteiger partial charge in [0, 0.05) is 36.6 Å². The van der Waals surface area contributed by atoms with Crippen LogP contribution in [0.5, 0.6) is 0 Å². The minimum atomic E-state index is -0.299. The number of aromatic nitrogens is 2. The molecule has 0 radical (unpaired) electrons. The standard InChI is InChI=1S/C23H20FN3OS/c1-26(14-17-7-6-8-18(24)13-17)23(28)20-9-2-3-10-21(20)29-16-19-15-27-12-5-4-11-22(27)25-19/h2-13,15H,14,16H2,1H3. The van der Waals surface area contributed by atoms with Gasteiger partial charge in [0.2, 0.25) is 0 Å². The van der Waals surface area contributed by atoms with Gasteiger partial charge in [0.1, 0.15) is 11.5 Å². The van der Waals surface area contributed by atoms with E-state index >= 15 is 0 Å². The first kappa shape index (κ1) is 19.2. The zero-order valence-corrected chi connectivity index (χ0v) is 16.8. The largest absolute Gasteiger partial charge is 0.337 e. The average Bonchev–Trinajstić information content (AvgIpc) is 3.15. The van der Waals surface area contributed by atoms with E-state index in [2.05, 4.69) is 4.98 Å². The average molecular weight is 405 g/mol. The molecule has 0 aliphatic heterocycles. The summed E-state index contributed by atoms with van der Waals surface area (Å²) in [5.74, 6) is 0.277. The number of pyridine rings is 1. The van der Waals surface area contributed by atoms with Gasteiger partial charge in [0.25, 0.3) is 5.91 Å². The van der Waals surface area contributed by atoms with E-state index in [1.54, 1.807) is 29.8 Å². The maximum absolute atomic E-state index is 13.4. The molecule has 0 aliphatic rings. The second kappa shape index (κ2) is 8.49. The van der Waals surface area contributed by atoms with Crippen molar-refractivity contribution < 1.29 is 9.18 Å². The summed E-state index contributed by atoms with van der Waals surface area (Å²) in [6.45, 7) is 0.349. The molecule has 2 aromatic heterocycles. The van der Waals surface area contributed by atoms with E-state index in [1.807, 2.05) is 65.3 Å². The van der Waals surface area contributed by atoms with Crippen LogP contribution in [0, 0.1) is 5.82 Å². The van der Waals surface area contributed by atoms with E-state index in [1.165, 1.54) is 12.1 Å². The van der Waals surface area contributed by atoms with Crippen LogP contribution in [-0.4, -0.2) is 27.2 Å². The maximum Gasteiger partial charge on any atom is 0.255 e. The van der Waals surface area contributed by atoms with E-state index in [9.17, 15) is 9.18 Å². The van der Waals surface area contributed by atoms with Crippen LogP contribution < -0.4 is 0 Å². The van der Waals surface area contributed by atoms with Crippen molar-refractivity contribution >= 4 is 23.3 Å². The van der Waals surface area contributed by atoms with Gasteiger partial charge in [-0.25, -0.2) is 9.37 Å². The number of halogens is 1. The van der Waals surface area contributed by atoms with Crippen molar-refractivity contribution in [1.29, 1.82) is 0 Å². The van der Waals surface area contributed by atoms with Crippen LogP contribution in [-0.2, 0) is 12.3 Å². The van der Waals surface area contributed by atoms with Gasteiger partial charge in [0.05, 0.1) is 11.3 Å². The minimum Gasteiger partial charge on any atom is -0.337 e. The lowest BCUT2D eigenvalue weighted by Crippen LogP contribution is -2.26. The lowest BCUT2D eigenvalue weighted by Gasteiger charge is -2.19. The summed E-state index contributed by atoms with van der Waals surface area (Å²) in [4.78, 5) is 20.1. The van der Waals surface area contributed by atoms with Crippen molar-refractivity contribution in [3.8, 4) is 0 Å². The first-order chi connectivity index (χ1) is 14.1. The second-order valence-corrected chi connectivity index (χ2v) is 7.79. The molecule has 4 rings (SSSR count). The smallest absolute Gasteiger partial charge is 0.255 e. The van der Waals surface area contributed by atoms with Crippen LogP contribution in [0.15, 0.2) is 84.0 Å². The van der Waals surface area contributed by atoms with Gasteiger partial charge in [-0.3, -0.25) is 4.79 Å². The molecule has 6 heteroatoms. The first-order valence-corrected chi connectivity index (χ1v) is 10.2. The lowest BCUT2D eigenvalue weighted by molar-refractivity contribution is 0.0781. The van der Waals surface area contributed by atoms with Crippen LogP contribution in [0.2, 0.25) is 0 Å². The van der Waals surface area contributed by atoms with E-state index in [4.69, 9.17) is 0 Å². The highest BCUT2D eigenvalue weighted by Gasteiger charge is 2.16. The molecule has 0 N–H and O–H groups in total. The van der Waals surface area contributed by atoms with E-state index in [0.29, 0.717) is 17.9 Å². The highest BCUT2D eigenvalue weighted by atomic mass is 32.2. The molecule has 2 heterocycles. The number of amides is 1. The molecule has 29 heavy (non-hydrogen) atoms. The number of benzene rings is 2. The van der Waals surface area contributed by atoms with Crippen molar-refractivity contribution in [3.05, 3.63) is 102 Å². The normalized spacial score (nSPS) is 11.0. The Morgan fingerprint density at radius 2 is 1.93 bits per heavy atom. The van der Waals surface area contributed by atoms with Crippen molar-refractivity contribution in [2.24, 2.45) is 0 Å². The molecule has 0 bridgehead atoms. The Morgan fingerprint density at radius 1 is 1.10 bits per heavy atom. The topological polar surface area (TPSA) is 37.6 Å². The number of rotatable bonds is 6. The van der Waals surface area contributed by atoms with Crippen molar-refractivity contribution in [2.75, 3.05) is 7.05 Å². The summed E-state index contributed by atoms with van der Waals surface area (Å²) in [7, 11) is 1.73. The van der Waals surface area contributed by atoms with Gasteiger partial charge < -0.3 is 9.30 Å². The number of hydrogen-bond donors (Lipinski definition) is 0. The molecule has 0 fully saturated rings. The monoisotopic (exact) mass is 405 g/mol. The molecular formula is C23H20FN3OS. The Balaban J connectivity index is 1.48. The summed E-state index contributed by atoms with van der Waals surface area (Å²) < 4.78 is 15.4. The minimum absolute atomic E-state index is 0.0904. The maximum atomic E-state index is 13.4. The summed E-state index contributed by atoms with van der Waals surface area (Å²) >= 11 is 1.59. The molecule has 0 saturated carbocycles. The molecule has 0 saturated heterocycles. The SMILES string of the molecule is CN(Cc1cccc(F)c1)C(=O)c1ccccc1SCc1cn2ccccc2n1. The summed E-state index contributed by atoms with van der Waals surface area (Å²) in [6, 6.07) is 19.8. The number of carbonyl (C=O) groups is 1. The molecular weight excluding hydrogens is 385 g/mol.